The van der Waals surface area contributed by atoms with Crippen molar-refractivity contribution in [1.82, 2.24) is 9.55 Å². The van der Waals surface area contributed by atoms with Gasteiger partial charge in [0.2, 0.25) is 0 Å². The summed E-state index contributed by atoms with van der Waals surface area (Å²) in [6, 6.07) is 3.71. The fraction of sp³-hybridized carbons (Fsp3) is 0.529. The molecule has 4 heterocycles. The van der Waals surface area contributed by atoms with Gasteiger partial charge in [-0.3, -0.25) is 4.57 Å². The first-order valence-electron chi connectivity index (χ1n) is 8.27. The summed E-state index contributed by atoms with van der Waals surface area (Å²) in [5.74, 6) is 0.538. The summed E-state index contributed by atoms with van der Waals surface area (Å²) in [5.41, 5.74) is 2.31. The standard InChI is InChI=1S/C17H21N3O4/c1-11(2)12-9-20(16(21)22)13-3-4-14(18-15(12)13)19-6-5-17(10-19)23-7-8-24-17/h3-4,9,11H,5-8,10H2,1-2H3,(H,21,22). The number of carbonyl (C=O) groups is 1. The lowest BCUT2D eigenvalue weighted by Gasteiger charge is -2.23. The van der Waals surface area contributed by atoms with E-state index in [0.717, 1.165) is 29.9 Å². The van der Waals surface area contributed by atoms with Crippen LogP contribution in [0.1, 0.15) is 31.7 Å². The van der Waals surface area contributed by atoms with Gasteiger partial charge in [0.15, 0.2) is 5.79 Å². The molecule has 0 bridgehead atoms. The first kappa shape index (κ1) is 15.4. The van der Waals surface area contributed by atoms with Crippen molar-refractivity contribution in [3.63, 3.8) is 0 Å². The van der Waals surface area contributed by atoms with Crippen molar-refractivity contribution in [3.8, 4) is 0 Å². The lowest BCUT2D eigenvalue weighted by atomic mass is 10.1. The summed E-state index contributed by atoms with van der Waals surface area (Å²) in [5, 5.41) is 9.39. The minimum Gasteiger partial charge on any atom is -0.464 e. The van der Waals surface area contributed by atoms with Crippen LogP contribution in [0, 0.1) is 0 Å². The van der Waals surface area contributed by atoms with E-state index >= 15 is 0 Å². The molecule has 0 saturated carbocycles. The highest BCUT2D eigenvalue weighted by molar-refractivity contribution is 5.90. The number of nitrogens with zero attached hydrogens (tertiary/aromatic N) is 3. The molecule has 128 valence electrons. The molecular weight excluding hydrogens is 310 g/mol. The Bertz CT molecular complexity index is 792. The van der Waals surface area contributed by atoms with Gasteiger partial charge < -0.3 is 19.5 Å². The zero-order valence-corrected chi connectivity index (χ0v) is 13.9. The van der Waals surface area contributed by atoms with Gasteiger partial charge in [-0.1, -0.05) is 13.8 Å². The highest BCUT2D eigenvalue weighted by atomic mass is 16.7. The van der Waals surface area contributed by atoms with Crippen LogP contribution in [0.4, 0.5) is 10.6 Å². The van der Waals surface area contributed by atoms with Crippen molar-refractivity contribution in [2.24, 2.45) is 0 Å². The van der Waals surface area contributed by atoms with Crippen LogP contribution in [-0.4, -0.2) is 52.8 Å². The predicted molar refractivity (Wildman–Crippen MR) is 88.7 cm³/mol. The summed E-state index contributed by atoms with van der Waals surface area (Å²) in [4.78, 5) is 18.4. The predicted octanol–water partition coefficient (Wildman–Crippen LogP) is 2.64. The maximum absolute atomic E-state index is 11.5. The maximum atomic E-state index is 11.5. The van der Waals surface area contributed by atoms with Gasteiger partial charge >= 0.3 is 6.09 Å². The maximum Gasteiger partial charge on any atom is 0.416 e. The topological polar surface area (TPSA) is 76.8 Å². The number of hydrogen-bond acceptors (Lipinski definition) is 5. The van der Waals surface area contributed by atoms with Gasteiger partial charge in [0, 0.05) is 19.2 Å². The Balaban J connectivity index is 1.73. The highest BCUT2D eigenvalue weighted by Crippen LogP contribution is 2.34. The van der Waals surface area contributed by atoms with E-state index in [1.54, 1.807) is 6.20 Å². The number of ether oxygens (including phenoxy) is 2. The molecule has 2 saturated heterocycles. The van der Waals surface area contributed by atoms with Crippen LogP contribution in [-0.2, 0) is 9.47 Å². The largest absolute Gasteiger partial charge is 0.464 e. The van der Waals surface area contributed by atoms with Crippen molar-refractivity contribution in [3.05, 3.63) is 23.9 Å². The van der Waals surface area contributed by atoms with Crippen LogP contribution in [0.2, 0.25) is 0 Å². The van der Waals surface area contributed by atoms with Crippen LogP contribution in [0.25, 0.3) is 11.0 Å². The van der Waals surface area contributed by atoms with E-state index in [0.29, 0.717) is 25.3 Å². The molecule has 0 unspecified atom stereocenters. The van der Waals surface area contributed by atoms with Crippen LogP contribution >= 0.6 is 0 Å². The van der Waals surface area contributed by atoms with E-state index < -0.39 is 11.9 Å². The summed E-state index contributed by atoms with van der Waals surface area (Å²) in [6.45, 7) is 6.83. The summed E-state index contributed by atoms with van der Waals surface area (Å²) in [6.07, 6.45) is 1.50. The number of fused-ring (bicyclic) bond motifs is 1. The molecule has 2 fully saturated rings. The summed E-state index contributed by atoms with van der Waals surface area (Å²) >= 11 is 0. The number of hydrogen-bond donors (Lipinski definition) is 1. The average Bonchev–Trinajstić information content (AvgIpc) is 3.26. The Morgan fingerprint density at radius 2 is 2.08 bits per heavy atom. The van der Waals surface area contributed by atoms with Crippen molar-refractivity contribution in [1.29, 1.82) is 0 Å². The molecule has 7 nitrogen and oxygen atoms in total. The lowest BCUT2D eigenvalue weighted by molar-refractivity contribution is -0.137. The highest BCUT2D eigenvalue weighted by Gasteiger charge is 2.43. The molecule has 2 aromatic heterocycles. The molecule has 4 rings (SSSR count). The Morgan fingerprint density at radius 1 is 1.33 bits per heavy atom. The van der Waals surface area contributed by atoms with Crippen LogP contribution in [0.5, 0.6) is 0 Å². The van der Waals surface area contributed by atoms with Gasteiger partial charge in [0.1, 0.15) is 5.82 Å². The molecule has 0 aliphatic carbocycles. The molecule has 1 N–H and O–H groups in total. The normalized spacial score (nSPS) is 19.9. The first-order valence-corrected chi connectivity index (χ1v) is 8.27. The van der Waals surface area contributed by atoms with Gasteiger partial charge in [-0.2, -0.15) is 0 Å². The molecule has 2 aromatic rings. The minimum absolute atomic E-state index is 0.197. The molecule has 1 spiro atoms. The monoisotopic (exact) mass is 331 g/mol. The number of pyridine rings is 1. The molecular formula is C17H21N3O4. The van der Waals surface area contributed by atoms with Gasteiger partial charge in [0.25, 0.3) is 0 Å². The zero-order chi connectivity index (χ0) is 16.9. The van der Waals surface area contributed by atoms with Gasteiger partial charge in [-0.15, -0.1) is 0 Å². The van der Waals surface area contributed by atoms with Crippen molar-refractivity contribution in [2.45, 2.75) is 32.0 Å². The molecule has 2 aliphatic heterocycles. The molecule has 0 aromatic carbocycles. The van der Waals surface area contributed by atoms with Gasteiger partial charge in [0.05, 0.1) is 30.8 Å². The smallest absolute Gasteiger partial charge is 0.416 e. The second-order valence-electron chi connectivity index (χ2n) is 6.71. The Morgan fingerprint density at radius 3 is 2.75 bits per heavy atom. The second-order valence-corrected chi connectivity index (χ2v) is 6.71. The van der Waals surface area contributed by atoms with E-state index in [2.05, 4.69) is 4.90 Å². The van der Waals surface area contributed by atoms with E-state index in [1.807, 2.05) is 26.0 Å². The van der Waals surface area contributed by atoms with Crippen molar-refractivity contribution in [2.75, 3.05) is 31.2 Å². The number of aromatic nitrogens is 2. The molecule has 0 amide bonds. The van der Waals surface area contributed by atoms with Crippen LogP contribution in [0.3, 0.4) is 0 Å². The third-order valence-electron chi connectivity index (χ3n) is 4.82. The number of anilines is 1. The molecule has 2 aliphatic rings. The minimum atomic E-state index is -0.991. The van der Waals surface area contributed by atoms with Crippen LogP contribution < -0.4 is 4.90 Å². The third-order valence-corrected chi connectivity index (χ3v) is 4.82. The average molecular weight is 331 g/mol. The van der Waals surface area contributed by atoms with Crippen molar-refractivity contribution >= 4 is 22.9 Å². The first-order chi connectivity index (χ1) is 11.5. The van der Waals surface area contributed by atoms with Crippen molar-refractivity contribution < 1.29 is 19.4 Å². The Kier molecular flexibility index (Phi) is 3.51. The summed E-state index contributed by atoms with van der Waals surface area (Å²) in [7, 11) is 0. The fourth-order valence-electron chi connectivity index (χ4n) is 3.56. The molecule has 7 heteroatoms. The number of carboxylic acid groups (broad SMARTS) is 1. The van der Waals surface area contributed by atoms with Gasteiger partial charge in [-0.25, -0.2) is 9.78 Å². The third kappa shape index (κ3) is 2.35. The fourth-order valence-corrected chi connectivity index (χ4v) is 3.56. The Hall–Kier alpha value is -2.12. The van der Waals surface area contributed by atoms with E-state index in [9.17, 15) is 9.90 Å². The zero-order valence-electron chi connectivity index (χ0n) is 13.9. The van der Waals surface area contributed by atoms with E-state index in [1.165, 1.54) is 4.57 Å². The quantitative estimate of drug-likeness (QED) is 0.911. The number of rotatable bonds is 2. The van der Waals surface area contributed by atoms with E-state index in [4.69, 9.17) is 14.5 Å². The second kappa shape index (κ2) is 5.46. The molecule has 0 radical (unpaired) electrons. The van der Waals surface area contributed by atoms with Gasteiger partial charge in [-0.05, 0) is 23.6 Å². The SMILES string of the molecule is CC(C)c1cn(C(=O)O)c2ccc(N3CCC4(C3)OCCO4)nc12. The lowest BCUT2D eigenvalue weighted by Crippen LogP contribution is -2.34. The van der Waals surface area contributed by atoms with E-state index in [-0.39, 0.29) is 5.92 Å². The van der Waals surface area contributed by atoms with Crippen LogP contribution in [0.15, 0.2) is 18.3 Å². The summed E-state index contributed by atoms with van der Waals surface area (Å²) < 4.78 is 12.8. The molecule has 0 atom stereocenters. The molecule has 24 heavy (non-hydrogen) atoms. The Labute approximate surface area is 139 Å².